The van der Waals surface area contributed by atoms with Crippen molar-refractivity contribution in [1.29, 1.82) is 0 Å². The highest BCUT2D eigenvalue weighted by Crippen LogP contribution is 2.32. The van der Waals surface area contributed by atoms with Crippen LogP contribution in [0.25, 0.3) is 0 Å². The minimum absolute atomic E-state index is 0.884. The summed E-state index contributed by atoms with van der Waals surface area (Å²) in [6, 6.07) is 13.2. The Balaban J connectivity index is 1.55. The normalized spacial score (nSPS) is 15.7. The summed E-state index contributed by atoms with van der Waals surface area (Å²) in [4.78, 5) is 5.06. The second-order valence-electron chi connectivity index (χ2n) is 7.31. The topological polar surface area (TPSA) is 24.9 Å². The molecule has 1 aliphatic heterocycles. The zero-order valence-electron chi connectivity index (χ0n) is 17.1. The van der Waals surface area contributed by atoms with E-state index in [1.54, 1.807) is 14.2 Å². The lowest BCUT2D eigenvalue weighted by Gasteiger charge is -2.35. The highest BCUT2D eigenvalue weighted by molar-refractivity contribution is 5.49. The van der Waals surface area contributed by atoms with Crippen LogP contribution in [0.15, 0.2) is 36.4 Å². The number of benzene rings is 2. The molecule has 0 aromatic heterocycles. The zero-order chi connectivity index (χ0) is 19.2. The molecule has 2 aromatic carbocycles. The van der Waals surface area contributed by atoms with Crippen LogP contribution in [0, 0.1) is 6.92 Å². The van der Waals surface area contributed by atoms with Crippen molar-refractivity contribution in [2.24, 2.45) is 0 Å². The summed E-state index contributed by atoms with van der Waals surface area (Å²) in [6.45, 7) is 10.6. The predicted molar refractivity (Wildman–Crippen MR) is 111 cm³/mol. The molecular formula is C23H32N2O2. The van der Waals surface area contributed by atoms with Crippen molar-refractivity contribution in [3.63, 3.8) is 0 Å². The first-order valence-electron chi connectivity index (χ1n) is 9.87. The van der Waals surface area contributed by atoms with Crippen molar-refractivity contribution >= 4 is 0 Å². The molecule has 4 nitrogen and oxygen atoms in total. The molecule has 0 saturated carbocycles. The molecule has 1 heterocycles. The number of piperazine rings is 1. The largest absolute Gasteiger partial charge is 0.496 e. The van der Waals surface area contributed by atoms with Gasteiger partial charge in [-0.05, 0) is 30.5 Å². The van der Waals surface area contributed by atoms with Crippen molar-refractivity contribution < 1.29 is 9.47 Å². The standard InChI is InChI=1S/C23H32N2O2/c1-5-19-6-8-20(9-7-19)16-24-12-14-25(15-13-24)17-21-10-11-22(26-3)18(2)23(21)27-4/h6-11H,5,12-17H2,1-4H3. The predicted octanol–water partition coefficient (Wildman–Crippen LogP) is 3.89. The van der Waals surface area contributed by atoms with Crippen LogP contribution in [0.1, 0.15) is 29.2 Å². The molecule has 3 rings (SSSR count). The van der Waals surface area contributed by atoms with Gasteiger partial charge in [0.15, 0.2) is 0 Å². The molecule has 27 heavy (non-hydrogen) atoms. The lowest BCUT2D eigenvalue weighted by Crippen LogP contribution is -2.45. The summed E-state index contributed by atoms with van der Waals surface area (Å²) >= 11 is 0. The minimum atomic E-state index is 0.884. The zero-order valence-corrected chi connectivity index (χ0v) is 17.1. The molecule has 4 heteroatoms. The summed E-state index contributed by atoms with van der Waals surface area (Å²) < 4.78 is 11.1. The lowest BCUT2D eigenvalue weighted by molar-refractivity contribution is 0.121. The first-order chi connectivity index (χ1) is 13.1. The third-order valence-corrected chi connectivity index (χ3v) is 5.56. The van der Waals surface area contributed by atoms with E-state index in [2.05, 4.69) is 54.0 Å². The van der Waals surface area contributed by atoms with Crippen LogP contribution in [0.3, 0.4) is 0 Å². The van der Waals surface area contributed by atoms with Gasteiger partial charge in [0.05, 0.1) is 14.2 Å². The van der Waals surface area contributed by atoms with Crippen LogP contribution >= 0.6 is 0 Å². The Hall–Kier alpha value is -2.04. The molecule has 0 bridgehead atoms. The molecule has 146 valence electrons. The second kappa shape index (κ2) is 9.25. The average molecular weight is 369 g/mol. The van der Waals surface area contributed by atoms with Crippen LogP contribution in [0.2, 0.25) is 0 Å². The Morgan fingerprint density at radius 3 is 1.93 bits per heavy atom. The Morgan fingerprint density at radius 2 is 1.37 bits per heavy atom. The highest BCUT2D eigenvalue weighted by atomic mass is 16.5. The fraction of sp³-hybridized carbons (Fsp3) is 0.478. The Bertz CT molecular complexity index is 735. The monoisotopic (exact) mass is 368 g/mol. The number of aryl methyl sites for hydroxylation is 1. The van der Waals surface area contributed by atoms with Crippen LogP contribution < -0.4 is 9.47 Å². The van der Waals surface area contributed by atoms with Gasteiger partial charge in [-0.3, -0.25) is 9.80 Å². The van der Waals surface area contributed by atoms with E-state index in [9.17, 15) is 0 Å². The number of hydrogen-bond acceptors (Lipinski definition) is 4. The molecule has 0 amide bonds. The summed E-state index contributed by atoms with van der Waals surface area (Å²) in [5.41, 5.74) is 5.13. The second-order valence-corrected chi connectivity index (χ2v) is 7.31. The molecule has 0 N–H and O–H groups in total. The number of methoxy groups -OCH3 is 2. The first-order valence-corrected chi connectivity index (χ1v) is 9.87. The van der Waals surface area contributed by atoms with Gasteiger partial charge in [0.2, 0.25) is 0 Å². The molecule has 1 fully saturated rings. The fourth-order valence-corrected chi connectivity index (χ4v) is 3.84. The summed E-state index contributed by atoms with van der Waals surface area (Å²) in [6.07, 6.45) is 1.10. The Labute approximate surface area is 163 Å². The van der Waals surface area contributed by atoms with Crippen molar-refractivity contribution in [2.45, 2.75) is 33.4 Å². The van der Waals surface area contributed by atoms with Gasteiger partial charge in [-0.1, -0.05) is 37.3 Å². The number of ether oxygens (including phenoxy) is 2. The van der Waals surface area contributed by atoms with E-state index in [0.29, 0.717) is 0 Å². The van der Waals surface area contributed by atoms with E-state index in [1.165, 1.54) is 16.7 Å². The minimum Gasteiger partial charge on any atom is -0.496 e. The quantitative estimate of drug-likeness (QED) is 0.740. The van der Waals surface area contributed by atoms with Gasteiger partial charge in [0.25, 0.3) is 0 Å². The van der Waals surface area contributed by atoms with Gasteiger partial charge in [0, 0.05) is 50.4 Å². The van der Waals surface area contributed by atoms with Gasteiger partial charge < -0.3 is 9.47 Å². The van der Waals surface area contributed by atoms with E-state index in [0.717, 1.165) is 62.8 Å². The maximum Gasteiger partial charge on any atom is 0.129 e. The van der Waals surface area contributed by atoms with E-state index < -0.39 is 0 Å². The molecule has 2 aromatic rings. The van der Waals surface area contributed by atoms with Crippen LogP contribution in [-0.4, -0.2) is 50.2 Å². The van der Waals surface area contributed by atoms with E-state index in [1.807, 2.05) is 6.07 Å². The van der Waals surface area contributed by atoms with E-state index >= 15 is 0 Å². The molecule has 0 aliphatic carbocycles. The van der Waals surface area contributed by atoms with Crippen molar-refractivity contribution in [2.75, 3.05) is 40.4 Å². The number of rotatable bonds is 7. The maximum atomic E-state index is 5.66. The fourth-order valence-electron chi connectivity index (χ4n) is 3.84. The smallest absolute Gasteiger partial charge is 0.129 e. The SMILES string of the molecule is CCc1ccc(CN2CCN(Cc3ccc(OC)c(C)c3OC)CC2)cc1. The van der Waals surface area contributed by atoms with Gasteiger partial charge in [-0.2, -0.15) is 0 Å². The highest BCUT2D eigenvalue weighted by Gasteiger charge is 2.19. The summed E-state index contributed by atoms with van der Waals surface area (Å²) in [7, 11) is 3.45. The molecule has 0 radical (unpaired) electrons. The molecule has 0 spiro atoms. The van der Waals surface area contributed by atoms with Gasteiger partial charge in [-0.15, -0.1) is 0 Å². The van der Waals surface area contributed by atoms with Crippen LogP contribution in [0.4, 0.5) is 0 Å². The molecule has 0 unspecified atom stereocenters. The third-order valence-electron chi connectivity index (χ3n) is 5.56. The first kappa shape index (κ1) is 19.7. The van der Waals surface area contributed by atoms with E-state index in [-0.39, 0.29) is 0 Å². The third kappa shape index (κ3) is 4.82. The van der Waals surface area contributed by atoms with Crippen molar-refractivity contribution in [1.82, 2.24) is 9.80 Å². The van der Waals surface area contributed by atoms with Crippen molar-refractivity contribution in [3.05, 3.63) is 58.7 Å². The maximum absolute atomic E-state index is 5.66. The molecular weight excluding hydrogens is 336 g/mol. The average Bonchev–Trinajstić information content (AvgIpc) is 2.70. The van der Waals surface area contributed by atoms with E-state index in [4.69, 9.17) is 9.47 Å². The van der Waals surface area contributed by atoms with Crippen molar-refractivity contribution in [3.8, 4) is 11.5 Å². The Kier molecular flexibility index (Phi) is 6.75. The van der Waals surface area contributed by atoms with Crippen LogP contribution in [-0.2, 0) is 19.5 Å². The number of hydrogen-bond donors (Lipinski definition) is 0. The molecule has 1 saturated heterocycles. The number of nitrogens with zero attached hydrogens (tertiary/aromatic N) is 2. The lowest BCUT2D eigenvalue weighted by atomic mass is 10.1. The Morgan fingerprint density at radius 1 is 0.778 bits per heavy atom. The molecule has 0 atom stereocenters. The van der Waals surface area contributed by atoms with Gasteiger partial charge in [-0.25, -0.2) is 0 Å². The molecule has 1 aliphatic rings. The van der Waals surface area contributed by atoms with Gasteiger partial charge >= 0.3 is 0 Å². The van der Waals surface area contributed by atoms with Crippen LogP contribution in [0.5, 0.6) is 11.5 Å². The summed E-state index contributed by atoms with van der Waals surface area (Å²) in [5, 5.41) is 0. The van der Waals surface area contributed by atoms with Gasteiger partial charge in [0.1, 0.15) is 11.5 Å². The summed E-state index contributed by atoms with van der Waals surface area (Å²) in [5.74, 6) is 1.84.